The van der Waals surface area contributed by atoms with Crippen molar-refractivity contribution >= 4 is 44.3 Å². The van der Waals surface area contributed by atoms with E-state index < -0.39 is 33.6 Å². The number of rotatable bonds is 7. The molecule has 2 aromatic carbocycles. The normalized spacial score (nSPS) is 16.0. The van der Waals surface area contributed by atoms with Crippen molar-refractivity contribution in [3.8, 4) is 0 Å². The monoisotopic (exact) mass is 554 g/mol. The van der Waals surface area contributed by atoms with Gasteiger partial charge in [0.05, 0.1) is 17.8 Å². The van der Waals surface area contributed by atoms with Gasteiger partial charge in [-0.05, 0) is 44.5 Å². The Morgan fingerprint density at radius 1 is 1.03 bits per heavy atom. The van der Waals surface area contributed by atoms with E-state index in [1.54, 1.807) is 56.0 Å². The van der Waals surface area contributed by atoms with Gasteiger partial charge in [-0.2, -0.15) is 0 Å². The Kier molecular flexibility index (Phi) is 8.07. The fourth-order valence-electron chi connectivity index (χ4n) is 4.54. The summed E-state index contributed by atoms with van der Waals surface area (Å²) in [6, 6.07) is 13.3. The molecule has 0 saturated carbocycles. The Bertz CT molecular complexity index is 1450. The zero-order valence-electron chi connectivity index (χ0n) is 22.5. The molecular weight excluding hydrogens is 520 g/mol. The van der Waals surface area contributed by atoms with Crippen LogP contribution in [0, 0.1) is 5.92 Å². The molecular formula is C27H34N6O5S. The minimum absolute atomic E-state index is 0.340. The standard InChI is InChI=1S/C27H34N6O5S/c1-27(2,3)38-26(35)22(23(28)18-8-6-5-7-9-18)25(34)33-14-12-32(13-15-33)24-20-16-19(31-39(4,36)37)10-11-21(20)29-17-30-24/h5-11,16-17,22-23,31H,12-15,28H2,1-4H3. The number of carbonyl (C=O) groups excluding carboxylic acids is 2. The number of nitrogens with two attached hydrogens (primary N) is 1. The first-order valence-electron chi connectivity index (χ1n) is 12.6. The van der Waals surface area contributed by atoms with Crippen molar-refractivity contribution in [3.63, 3.8) is 0 Å². The maximum atomic E-state index is 13.7. The average molecular weight is 555 g/mol. The van der Waals surface area contributed by atoms with E-state index in [9.17, 15) is 18.0 Å². The predicted molar refractivity (Wildman–Crippen MR) is 150 cm³/mol. The molecule has 1 fully saturated rings. The van der Waals surface area contributed by atoms with Gasteiger partial charge in [-0.1, -0.05) is 30.3 Å². The van der Waals surface area contributed by atoms with Crippen LogP contribution in [0.2, 0.25) is 0 Å². The summed E-state index contributed by atoms with van der Waals surface area (Å²) in [4.78, 5) is 39.3. The highest BCUT2D eigenvalue weighted by atomic mass is 32.2. The number of fused-ring (bicyclic) bond motifs is 1. The van der Waals surface area contributed by atoms with Gasteiger partial charge in [0.1, 0.15) is 17.7 Å². The van der Waals surface area contributed by atoms with Gasteiger partial charge in [-0.25, -0.2) is 18.4 Å². The van der Waals surface area contributed by atoms with Gasteiger partial charge in [-0.3, -0.25) is 14.3 Å². The second-order valence-electron chi connectivity index (χ2n) is 10.6. The first kappa shape index (κ1) is 28.2. The van der Waals surface area contributed by atoms with Gasteiger partial charge < -0.3 is 20.3 Å². The van der Waals surface area contributed by atoms with E-state index >= 15 is 0 Å². The van der Waals surface area contributed by atoms with Gasteiger partial charge >= 0.3 is 5.97 Å². The van der Waals surface area contributed by atoms with E-state index in [1.807, 2.05) is 23.1 Å². The molecule has 39 heavy (non-hydrogen) atoms. The predicted octanol–water partition coefficient (Wildman–Crippen LogP) is 2.31. The van der Waals surface area contributed by atoms with Crippen molar-refractivity contribution in [2.24, 2.45) is 11.7 Å². The highest BCUT2D eigenvalue weighted by Crippen LogP contribution is 2.29. The van der Waals surface area contributed by atoms with Crippen LogP contribution in [-0.2, 0) is 24.3 Å². The van der Waals surface area contributed by atoms with Crippen LogP contribution >= 0.6 is 0 Å². The number of nitrogens with one attached hydrogen (secondary N) is 1. The Morgan fingerprint density at radius 2 is 1.69 bits per heavy atom. The Labute approximate surface area is 228 Å². The van der Waals surface area contributed by atoms with E-state index in [0.717, 1.165) is 6.26 Å². The summed E-state index contributed by atoms with van der Waals surface area (Å²) in [7, 11) is -3.45. The summed E-state index contributed by atoms with van der Waals surface area (Å²) in [5.41, 5.74) is 7.45. The lowest BCUT2D eigenvalue weighted by atomic mass is 9.92. The van der Waals surface area contributed by atoms with Crippen molar-refractivity contribution in [2.45, 2.75) is 32.4 Å². The third-order valence-electron chi connectivity index (χ3n) is 6.28. The second kappa shape index (κ2) is 11.1. The van der Waals surface area contributed by atoms with E-state index in [4.69, 9.17) is 10.5 Å². The molecule has 11 nitrogen and oxygen atoms in total. The van der Waals surface area contributed by atoms with Gasteiger partial charge in [0.15, 0.2) is 5.92 Å². The number of hydrogen-bond acceptors (Lipinski definition) is 9. The van der Waals surface area contributed by atoms with Gasteiger partial charge in [0.25, 0.3) is 0 Å². The molecule has 1 saturated heterocycles. The topological polar surface area (TPSA) is 148 Å². The summed E-state index contributed by atoms with van der Waals surface area (Å²) in [5, 5.41) is 0.684. The number of nitrogens with zero attached hydrogens (tertiary/aromatic N) is 4. The number of benzene rings is 2. The fraction of sp³-hybridized carbons (Fsp3) is 0.407. The largest absolute Gasteiger partial charge is 0.459 e. The minimum atomic E-state index is -3.45. The molecule has 1 aliphatic rings. The van der Waals surface area contributed by atoms with Crippen molar-refractivity contribution < 1.29 is 22.7 Å². The van der Waals surface area contributed by atoms with E-state index in [-0.39, 0.29) is 5.91 Å². The number of hydrogen-bond donors (Lipinski definition) is 2. The number of amides is 1. The van der Waals surface area contributed by atoms with Crippen LogP contribution in [-0.4, -0.2) is 73.2 Å². The molecule has 1 aliphatic heterocycles. The molecule has 1 aromatic heterocycles. The maximum Gasteiger partial charge on any atom is 0.320 e. The van der Waals surface area contributed by atoms with Gasteiger partial charge in [-0.15, -0.1) is 0 Å². The third-order valence-corrected chi connectivity index (χ3v) is 6.89. The number of esters is 1. The Morgan fingerprint density at radius 3 is 2.31 bits per heavy atom. The zero-order chi connectivity index (χ0) is 28.4. The highest BCUT2D eigenvalue weighted by molar-refractivity contribution is 7.92. The molecule has 2 atom stereocenters. The van der Waals surface area contributed by atoms with E-state index in [1.165, 1.54) is 6.33 Å². The molecule has 3 aromatic rings. The van der Waals surface area contributed by atoms with Crippen LogP contribution in [0.25, 0.3) is 10.9 Å². The van der Waals surface area contributed by atoms with E-state index in [0.29, 0.717) is 54.2 Å². The van der Waals surface area contributed by atoms with Gasteiger partial charge in [0.2, 0.25) is 15.9 Å². The molecule has 2 heterocycles. The summed E-state index contributed by atoms with van der Waals surface area (Å²) < 4.78 is 31.5. The molecule has 0 aliphatic carbocycles. The molecule has 1 amide bonds. The molecule has 0 spiro atoms. The maximum absolute atomic E-state index is 13.7. The first-order chi connectivity index (χ1) is 18.3. The molecule has 208 valence electrons. The smallest absolute Gasteiger partial charge is 0.320 e. The van der Waals surface area contributed by atoms with Crippen molar-refractivity contribution in [2.75, 3.05) is 42.1 Å². The SMILES string of the molecule is CC(C)(C)OC(=O)C(C(=O)N1CCN(c2ncnc3ccc(NS(C)(=O)=O)cc23)CC1)C(N)c1ccccc1. The van der Waals surface area contributed by atoms with Gasteiger partial charge in [0, 0.05) is 37.3 Å². The Hall–Kier alpha value is -3.77. The summed E-state index contributed by atoms with van der Waals surface area (Å²) >= 11 is 0. The van der Waals surface area contributed by atoms with Crippen LogP contribution in [0.4, 0.5) is 11.5 Å². The highest BCUT2D eigenvalue weighted by Gasteiger charge is 2.40. The minimum Gasteiger partial charge on any atom is -0.459 e. The van der Waals surface area contributed by atoms with Crippen molar-refractivity contribution in [3.05, 3.63) is 60.4 Å². The van der Waals surface area contributed by atoms with Crippen molar-refractivity contribution in [1.29, 1.82) is 0 Å². The van der Waals surface area contributed by atoms with Crippen LogP contribution in [0.3, 0.4) is 0 Å². The molecule has 3 N–H and O–H groups in total. The number of carbonyl (C=O) groups is 2. The Balaban J connectivity index is 1.54. The first-order valence-corrected chi connectivity index (χ1v) is 14.5. The van der Waals surface area contributed by atoms with Crippen LogP contribution in [0.1, 0.15) is 32.4 Å². The van der Waals surface area contributed by atoms with Crippen LogP contribution in [0.5, 0.6) is 0 Å². The average Bonchev–Trinajstić information content (AvgIpc) is 2.87. The number of aromatic nitrogens is 2. The molecule has 4 rings (SSSR count). The van der Waals surface area contributed by atoms with Crippen molar-refractivity contribution in [1.82, 2.24) is 14.9 Å². The molecule has 2 unspecified atom stereocenters. The molecule has 0 bridgehead atoms. The fourth-order valence-corrected chi connectivity index (χ4v) is 5.10. The van der Waals surface area contributed by atoms with Crippen LogP contribution < -0.4 is 15.4 Å². The summed E-state index contributed by atoms with van der Waals surface area (Å²) in [6.07, 6.45) is 2.54. The number of anilines is 2. The lowest BCUT2D eigenvalue weighted by molar-refractivity contribution is -0.166. The van der Waals surface area contributed by atoms with Crippen LogP contribution in [0.15, 0.2) is 54.9 Å². The summed E-state index contributed by atoms with van der Waals surface area (Å²) in [5.74, 6) is -1.59. The lowest BCUT2D eigenvalue weighted by Gasteiger charge is -2.38. The summed E-state index contributed by atoms with van der Waals surface area (Å²) in [6.45, 7) is 6.83. The number of ether oxygens (including phenoxy) is 1. The quantitative estimate of drug-likeness (QED) is 0.332. The lowest BCUT2D eigenvalue weighted by Crippen LogP contribution is -2.53. The third kappa shape index (κ3) is 7.01. The number of piperazine rings is 1. The zero-order valence-corrected chi connectivity index (χ0v) is 23.3. The molecule has 12 heteroatoms. The molecule has 0 radical (unpaired) electrons. The van der Waals surface area contributed by atoms with E-state index in [2.05, 4.69) is 14.7 Å². The second-order valence-corrected chi connectivity index (χ2v) is 12.3. The number of sulfonamides is 1.